The van der Waals surface area contributed by atoms with Crippen LogP contribution in [0.2, 0.25) is 0 Å². The molecule has 158 valence electrons. The summed E-state index contributed by atoms with van der Waals surface area (Å²) >= 11 is 0. The number of halogens is 3. The van der Waals surface area contributed by atoms with Crippen molar-refractivity contribution in [2.75, 3.05) is 13.1 Å². The quantitative estimate of drug-likeness (QED) is 0.750. The summed E-state index contributed by atoms with van der Waals surface area (Å²) in [5.41, 5.74) is -0.554. The molecule has 9 heteroatoms. The maximum absolute atomic E-state index is 13.3. The molecule has 3 rings (SSSR count). The predicted molar refractivity (Wildman–Crippen MR) is 101 cm³/mol. The van der Waals surface area contributed by atoms with Gasteiger partial charge in [0.15, 0.2) is 0 Å². The average Bonchev–Trinajstić information content (AvgIpc) is 3.35. The fourth-order valence-corrected chi connectivity index (χ4v) is 3.63. The monoisotopic (exact) mass is 409 g/mol. The summed E-state index contributed by atoms with van der Waals surface area (Å²) < 4.78 is 41.7. The third-order valence-electron chi connectivity index (χ3n) is 5.35. The van der Waals surface area contributed by atoms with E-state index in [4.69, 9.17) is 0 Å². The molecule has 0 spiro atoms. The van der Waals surface area contributed by atoms with Crippen LogP contribution in [0.3, 0.4) is 0 Å². The first-order valence-corrected chi connectivity index (χ1v) is 9.88. The fourth-order valence-electron chi connectivity index (χ4n) is 3.63. The van der Waals surface area contributed by atoms with Gasteiger partial charge in [0.2, 0.25) is 5.91 Å². The van der Waals surface area contributed by atoms with Crippen LogP contribution in [0.15, 0.2) is 18.5 Å². The second-order valence-electron chi connectivity index (χ2n) is 7.74. The molecule has 1 saturated heterocycles. The Kier molecular flexibility index (Phi) is 5.95. The number of nitrogens with zero attached hydrogens (tertiary/aromatic N) is 5. The van der Waals surface area contributed by atoms with Crippen LogP contribution >= 0.6 is 0 Å². The van der Waals surface area contributed by atoms with Gasteiger partial charge < -0.3 is 9.47 Å². The SMILES string of the molecule is CCc1nccn1[C@H](C)C(=O)N1CC[C@@H](c2nc(C(C)C)cc(C(F)(F)F)n2)C1. The van der Waals surface area contributed by atoms with Crippen molar-refractivity contribution in [3.05, 3.63) is 41.5 Å². The smallest absolute Gasteiger partial charge is 0.340 e. The van der Waals surface area contributed by atoms with Crippen LogP contribution in [-0.2, 0) is 17.4 Å². The summed E-state index contributed by atoms with van der Waals surface area (Å²) in [7, 11) is 0. The lowest BCUT2D eigenvalue weighted by molar-refractivity contribution is -0.141. The molecule has 0 saturated carbocycles. The number of carbonyl (C=O) groups is 1. The number of aryl methyl sites for hydroxylation is 1. The summed E-state index contributed by atoms with van der Waals surface area (Å²) in [6.45, 7) is 8.18. The predicted octanol–water partition coefficient (Wildman–Crippen LogP) is 3.95. The number of amides is 1. The van der Waals surface area contributed by atoms with E-state index in [9.17, 15) is 18.0 Å². The van der Waals surface area contributed by atoms with Crippen molar-refractivity contribution in [2.45, 2.75) is 64.6 Å². The Morgan fingerprint density at radius 3 is 2.62 bits per heavy atom. The molecule has 1 fully saturated rings. The van der Waals surface area contributed by atoms with Crippen LogP contribution in [0.4, 0.5) is 13.2 Å². The van der Waals surface area contributed by atoms with Crippen LogP contribution in [0.1, 0.15) is 75.0 Å². The Balaban J connectivity index is 1.80. The van der Waals surface area contributed by atoms with Crippen molar-refractivity contribution in [3.8, 4) is 0 Å². The van der Waals surface area contributed by atoms with E-state index in [0.717, 1.165) is 11.9 Å². The van der Waals surface area contributed by atoms with Gasteiger partial charge in [0.05, 0.1) is 0 Å². The van der Waals surface area contributed by atoms with Gasteiger partial charge in [0.25, 0.3) is 0 Å². The zero-order valence-corrected chi connectivity index (χ0v) is 17.1. The highest BCUT2D eigenvalue weighted by atomic mass is 19.4. The van der Waals surface area contributed by atoms with Crippen molar-refractivity contribution in [1.29, 1.82) is 0 Å². The van der Waals surface area contributed by atoms with E-state index in [1.54, 1.807) is 31.1 Å². The molecular weight excluding hydrogens is 383 g/mol. The van der Waals surface area contributed by atoms with Crippen LogP contribution in [0.25, 0.3) is 0 Å². The van der Waals surface area contributed by atoms with Gasteiger partial charge in [0, 0.05) is 43.5 Å². The molecule has 3 heterocycles. The highest BCUT2D eigenvalue weighted by molar-refractivity contribution is 5.80. The molecule has 0 aromatic carbocycles. The van der Waals surface area contributed by atoms with E-state index in [0.29, 0.717) is 31.6 Å². The van der Waals surface area contributed by atoms with E-state index in [-0.39, 0.29) is 23.6 Å². The highest BCUT2D eigenvalue weighted by Gasteiger charge is 2.37. The van der Waals surface area contributed by atoms with Gasteiger partial charge >= 0.3 is 6.18 Å². The van der Waals surface area contributed by atoms with Gasteiger partial charge in [-0.15, -0.1) is 0 Å². The zero-order chi connectivity index (χ0) is 21.3. The topological polar surface area (TPSA) is 63.9 Å². The normalized spacial score (nSPS) is 18.5. The summed E-state index contributed by atoms with van der Waals surface area (Å²) in [6, 6.07) is 0.597. The summed E-state index contributed by atoms with van der Waals surface area (Å²) in [5.74, 6) is 0.467. The number of hydrogen-bond donors (Lipinski definition) is 0. The van der Waals surface area contributed by atoms with Crippen molar-refractivity contribution in [2.24, 2.45) is 0 Å². The molecule has 2 aromatic heterocycles. The molecule has 2 atom stereocenters. The third-order valence-corrected chi connectivity index (χ3v) is 5.35. The van der Waals surface area contributed by atoms with Crippen molar-refractivity contribution < 1.29 is 18.0 Å². The Morgan fingerprint density at radius 2 is 2.00 bits per heavy atom. The molecule has 1 amide bonds. The van der Waals surface area contributed by atoms with Gasteiger partial charge in [-0.25, -0.2) is 15.0 Å². The molecule has 0 aliphatic carbocycles. The summed E-state index contributed by atoms with van der Waals surface area (Å²) in [4.78, 5) is 27.1. The van der Waals surface area contributed by atoms with Crippen LogP contribution < -0.4 is 0 Å². The molecular formula is C20H26F3N5O. The fraction of sp³-hybridized carbons (Fsp3) is 0.600. The zero-order valence-electron chi connectivity index (χ0n) is 17.1. The van der Waals surface area contributed by atoms with Gasteiger partial charge in [-0.1, -0.05) is 20.8 Å². The average molecular weight is 409 g/mol. The Bertz CT molecular complexity index is 877. The lowest BCUT2D eigenvalue weighted by atomic mass is 10.1. The molecule has 1 aliphatic heterocycles. The molecule has 0 N–H and O–H groups in total. The van der Waals surface area contributed by atoms with E-state index in [2.05, 4.69) is 15.0 Å². The maximum atomic E-state index is 13.3. The largest absolute Gasteiger partial charge is 0.433 e. The number of likely N-dealkylation sites (tertiary alicyclic amines) is 1. The summed E-state index contributed by atoms with van der Waals surface area (Å²) in [5, 5.41) is 0. The molecule has 0 bridgehead atoms. The van der Waals surface area contributed by atoms with E-state index < -0.39 is 17.9 Å². The summed E-state index contributed by atoms with van der Waals surface area (Å²) in [6.07, 6.45) is 0.173. The number of hydrogen-bond acceptors (Lipinski definition) is 4. The second kappa shape index (κ2) is 8.12. The first-order valence-electron chi connectivity index (χ1n) is 9.88. The molecule has 29 heavy (non-hydrogen) atoms. The van der Waals surface area contributed by atoms with Crippen LogP contribution in [-0.4, -0.2) is 43.4 Å². The molecule has 1 aliphatic rings. The number of carbonyl (C=O) groups excluding carboxylic acids is 1. The van der Waals surface area contributed by atoms with E-state index in [1.165, 1.54) is 0 Å². The van der Waals surface area contributed by atoms with Gasteiger partial charge in [-0.05, 0) is 25.3 Å². The standard InChI is InChI=1S/C20H26F3N5O/c1-5-17-24-7-9-28(17)13(4)19(29)27-8-6-14(11-27)18-25-15(12(2)3)10-16(26-18)20(21,22)23/h7,9-10,12-14H,5-6,8,11H2,1-4H3/t13-,14-/m1/s1. The second-order valence-corrected chi connectivity index (χ2v) is 7.74. The molecule has 0 unspecified atom stereocenters. The van der Waals surface area contributed by atoms with Gasteiger partial charge in [0.1, 0.15) is 23.4 Å². The molecule has 0 radical (unpaired) electrons. The number of aromatic nitrogens is 4. The number of rotatable bonds is 5. The van der Waals surface area contributed by atoms with Crippen molar-refractivity contribution in [1.82, 2.24) is 24.4 Å². The Morgan fingerprint density at radius 1 is 1.28 bits per heavy atom. The third kappa shape index (κ3) is 4.43. The van der Waals surface area contributed by atoms with Crippen LogP contribution in [0.5, 0.6) is 0 Å². The first kappa shape index (κ1) is 21.3. The molecule has 2 aromatic rings. The van der Waals surface area contributed by atoms with Gasteiger partial charge in [-0.2, -0.15) is 13.2 Å². The van der Waals surface area contributed by atoms with Crippen molar-refractivity contribution in [3.63, 3.8) is 0 Å². The van der Waals surface area contributed by atoms with Crippen LogP contribution in [0, 0.1) is 0 Å². The van der Waals surface area contributed by atoms with Crippen molar-refractivity contribution >= 4 is 5.91 Å². The minimum absolute atomic E-state index is 0.0729. The maximum Gasteiger partial charge on any atom is 0.433 e. The van der Waals surface area contributed by atoms with E-state index >= 15 is 0 Å². The Labute approximate surface area is 168 Å². The number of imidazole rings is 1. The minimum atomic E-state index is -4.53. The number of alkyl halides is 3. The minimum Gasteiger partial charge on any atom is -0.340 e. The lowest BCUT2D eigenvalue weighted by Crippen LogP contribution is -2.35. The van der Waals surface area contributed by atoms with Gasteiger partial charge in [-0.3, -0.25) is 4.79 Å². The highest BCUT2D eigenvalue weighted by Crippen LogP contribution is 2.33. The van der Waals surface area contributed by atoms with E-state index in [1.807, 2.05) is 18.4 Å². The Hall–Kier alpha value is -2.45. The lowest BCUT2D eigenvalue weighted by Gasteiger charge is -2.23. The first-order chi connectivity index (χ1) is 13.6. The molecule has 6 nitrogen and oxygen atoms in total.